The van der Waals surface area contributed by atoms with Gasteiger partial charge in [0.1, 0.15) is 0 Å². The molecule has 1 aliphatic rings. The summed E-state index contributed by atoms with van der Waals surface area (Å²) in [6.07, 6.45) is 3.56. The first kappa shape index (κ1) is 6.58. The Hall–Kier alpha value is -1.12. The zero-order valence-electron chi connectivity index (χ0n) is 6.50. The molecule has 2 rings (SSSR count). The van der Waals surface area contributed by atoms with Crippen molar-refractivity contribution in [3.05, 3.63) is 17.7 Å². The van der Waals surface area contributed by atoms with E-state index >= 15 is 0 Å². The Morgan fingerprint density at radius 3 is 3.18 bits per heavy atom. The number of carbonyl (C=O) groups is 1. The third-order valence-electron chi connectivity index (χ3n) is 1.95. The molecule has 11 heavy (non-hydrogen) atoms. The monoisotopic (exact) mass is 150 g/mol. The molecule has 0 bridgehead atoms. The minimum absolute atomic E-state index is 0.185. The van der Waals surface area contributed by atoms with Crippen molar-refractivity contribution in [2.45, 2.75) is 26.3 Å². The molecule has 0 amide bonds. The molecule has 0 unspecified atom stereocenters. The highest BCUT2D eigenvalue weighted by molar-refractivity contribution is 5.93. The van der Waals surface area contributed by atoms with Crippen LogP contribution in [0.1, 0.15) is 29.2 Å². The van der Waals surface area contributed by atoms with Crippen LogP contribution in [0.5, 0.6) is 0 Å². The van der Waals surface area contributed by atoms with Gasteiger partial charge in [-0.25, -0.2) is 4.98 Å². The van der Waals surface area contributed by atoms with Crippen LogP contribution in [0.4, 0.5) is 0 Å². The van der Waals surface area contributed by atoms with Gasteiger partial charge in [0.05, 0.1) is 5.69 Å². The minimum atomic E-state index is 0.185. The Morgan fingerprint density at radius 1 is 1.64 bits per heavy atom. The molecule has 0 aliphatic carbocycles. The van der Waals surface area contributed by atoms with E-state index in [-0.39, 0.29) is 5.78 Å². The van der Waals surface area contributed by atoms with Gasteiger partial charge in [-0.2, -0.15) is 0 Å². The SMILES string of the molecule is Cc1cn2c(n1)C(=O)CCC2. The zero-order valence-corrected chi connectivity index (χ0v) is 6.50. The first-order valence-corrected chi connectivity index (χ1v) is 3.84. The maximum absolute atomic E-state index is 11.2. The lowest BCUT2D eigenvalue weighted by atomic mass is 10.1. The minimum Gasteiger partial charge on any atom is -0.328 e. The van der Waals surface area contributed by atoms with E-state index in [1.807, 2.05) is 17.7 Å². The highest BCUT2D eigenvalue weighted by Crippen LogP contribution is 2.13. The summed E-state index contributed by atoms with van der Waals surface area (Å²) in [6.45, 7) is 2.86. The number of imidazole rings is 1. The van der Waals surface area contributed by atoms with Gasteiger partial charge >= 0.3 is 0 Å². The molecule has 0 saturated heterocycles. The molecule has 0 fully saturated rings. The van der Waals surface area contributed by atoms with E-state index in [0.29, 0.717) is 12.2 Å². The molecule has 1 aliphatic heterocycles. The summed E-state index contributed by atoms with van der Waals surface area (Å²) in [5, 5.41) is 0. The molecular formula is C8H10N2O. The van der Waals surface area contributed by atoms with Gasteiger partial charge in [-0.15, -0.1) is 0 Å². The normalized spacial score (nSPS) is 16.6. The number of hydrogen-bond acceptors (Lipinski definition) is 2. The molecule has 1 aromatic heterocycles. The van der Waals surface area contributed by atoms with Gasteiger partial charge in [-0.3, -0.25) is 4.79 Å². The van der Waals surface area contributed by atoms with Crippen molar-refractivity contribution in [2.75, 3.05) is 0 Å². The number of nitrogens with zero attached hydrogens (tertiary/aromatic N) is 2. The van der Waals surface area contributed by atoms with Gasteiger partial charge in [-0.1, -0.05) is 0 Å². The van der Waals surface area contributed by atoms with Gasteiger partial charge in [0, 0.05) is 19.2 Å². The Morgan fingerprint density at radius 2 is 2.45 bits per heavy atom. The molecule has 0 spiro atoms. The van der Waals surface area contributed by atoms with E-state index in [2.05, 4.69) is 4.98 Å². The maximum Gasteiger partial charge on any atom is 0.198 e. The summed E-state index contributed by atoms with van der Waals surface area (Å²) in [6, 6.07) is 0. The van der Waals surface area contributed by atoms with E-state index in [4.69, 9.17) is 0 Å². The van der Waals surface area contributed by atoms with Crippen molar-refractivity contribution in [1.29, 1.82) is 0 Å². The molecule has 58 valence electrons. The fourth-order valence-electron chi connectivity index (χ4n) is 1.46. The van der Waals surface area contributed by atoms with Crippen LogP contribution in [-0.2, 0) is 6.54 Å². The molecule has 0 radical (unpaired) electrons. The summed E-state index contributed by atoms with van der Waals surface area (Å²) in [7, 11) is 0. The van der Waals surface area contributed by atoms with Crippen LogP contribution in [0.15, 0.2) is 6.20 Å². The molecule has 0 saturated carbocycles. The van der Waals surface area contributed by atoms with Crippen molar-refractivity contribution < 1.29 is 4.79 Å². The summed E-state index contributed by atoms with van der Waals surface area (Å²) < 4.78 is 1.95. The number of Topliss-reactive ketones (excluding diaryl/α,β-unsaturated/α-hetero) is 1. The van der Waals surface area contributed by atoms with Gasteiger partial charge in [0.15, 0.2) is 11.6 Å². The largest absolute Gasteiger partial charge is 0.328 e. The molecule has 2 heterocycles. The summed E-state index contributed by atoms with van der Waals surface area (Å²) in [5.41, 5.74) is 0.940. The van der Waals surface area contributed by atoms with E-state index in [1.54, 1.807) is 0 Å². The Kier molecular flexibility index (Phi) is 1.31. The number of fused-ring (bicyclic) bond motifs is 1. The maximum atomic E-state index is 11.2. The fourth-order valence-corrected chi connectivity index (χ4v) is 1.46. The van der Waals surface area contributed by atoms with Crippen LogP contribution >= 0.6 is 0 Å². The fraction of sp³-hybridized carbons (Fsp3) is 0.500. The van der Waals surface area contributed by atoms with Crippen molar-refractivity contribution in [1.82, 2.24) is 9.55 Å². The van der Waals surface area contributed by atoms with Crippen LogP contribution in [-0.4, -0.2) is 15.3 Å². The second-order valence-corrected chi connectivity index (χ2v) is 2.93. The second-order valence-electron chi connectivity index (χ2n) is 2.93. The standard InChI is InChI=1S/C8H10N2O/c1-6-5-10-4-2-3-7(11)8(10)9-6/h5H,2-4H2,1H3. The number of carbonyl (C=O) groups excluding carboxylic acids is 1. The van der Waals surface area contributed by atoms with Gasteiger partial charge in [0.2, 0.25) is 0 Å². The van der Waals surface area contributed by atoms with Crippen LogP contribution < -0.4 is 0 Å². The first-order chi connectivity index (χ1) is 5.27. The predicted molar refractivity (Wildman–Crippen MR) is 40.5 cm³/mol. The summed E-state index contributed by atoms with van der Waals surface area (Å²) >= 11 is 0. The number of aromatic nitrogens is 2. The third kappa shape index (κ3) is 0.964. The van der Waals surface area contributed by atoms with Crippen LogP contribution in [0, 0.1) is 6.92 Å². The van der Waals surface area contributed by atoms with Crippen molar-refractivity contribution >= 4 is 5.78 Å². The number of ketones is 1. The number of rotatable bonds is 0. The van der Waals surface area contributed by atoms with Crippen molar-refractivity contribution in [2.24, 2.45) is 0 Å². The second kappa shape index (κ2) is 2.19. The molecular weight excluding hydrogens is 140 g/mol. The molecule has 3 heteroatoms. The van der Waals surface area contributed by atoms with Crippen LogP contribution in [0.2, 0.25) is 0 Å². The smallest absolute Gasteiger partial charge is 0.198 e. The third-order valence-corrected chi connectivity index (χ3v) is 1.95. The number of hydrogen-bond donors (Lipinski definition) is 0. The van der Waals surface area contributed by atoms with Crippen LogP contribution in [0.3, 0.4) is 0 Å². The topological polar surface area (TPSA) is 34.9 Å². The average molecular weight is 150 g/mol. The lowest BCUT2D eigenvalue weighted by Gasteiger charge is -2.10. The highest BCUT2D eigenvalue weighted by atomic mass is 16.1. The Bertz CT molecular complexity index is 301. The van der Waals surface area contributed by atoms with Gasteiger partial charge in [0.25, 0.3) is 0 Å². The lowest BCUT2D eigenvalue weighted by molar-refractivity contribution is 0.0949. The van der Waals surface area contributed by atoms with Crippen molar-refractivity contribution in [3.63, 3.8) is 0 Å². The quantitative estimate of drug-likeness (QED) is 0.556. The highest BCUT2D eigenvalue weighted by Gasteiger charge is 2.18. The van der Waals surface area contributed by atoms with Crippen molar-refractivity contribution in [3.8, 4) is 0 Å². The number of aryl methyl sites for hydroxylation is 2. The Balaban J connectivity index is 2.52. The van der Waals surface area contributed by atoms with E-state index in [1.165, 1.54) is 0 Å². The van der Waals surface area contributed by atoms with Crippen LogP contribution in [0.25, 0.3) is 0 Å². The lowest BCUT2D eigenvalue weighted by Crippen LogP contribution is -2.16. The average Bonchev–Trinajstić information content (AvgIpc) is 2.31. The first-order valence-electron chi connectivity index (χ1n) is 3.84. The van der Waals surface area contributed by atoms with Gasteiger partial charge in [-0.05, 0) is 13.3 Å². The molecule has 0 N–H and O–H groups in total. The summed E-state index contributed by atoms with van der Waals surface area (Å²) in [5.74, 6) is 0.832. The Labute approximate surface area is 65.1 Å². The van der Waals surface area contributed by atoms with E-state index < -0.39 is 0 Å². The van der Waals surface area contributed by atoms with Gasteiger partial charge < -0.3 is 4.57 Å². The van der Waals surface area contributed by atoms with E-state index in [0.717, 1.165) is 18.7 Å². The van der Waals surface area contributed by atoms with E-state index in [9.17, 15) is 4.79 Å². The molecule has 0 atom stereocenters. The summed E-state index contributed by atoms with van der Waals surface area (Å²) in [4.78, 5) is 15.4. The predicted octanol–water partition coefficient (Wildman–Crippen LogP) is 1.17. The molecule has 3 nitrogen and oxygen atoms in total. The zero-order chi connectivity index (χ0) is 7.84. The molecule has 1 aromatic rings. The molecule has 0 aromatic carbocycles.